The van der Waals surface area contributed by atoms with Crippen molar-refractivity contribution in [1.82, 2.24) is 4.98 Å². The number of aromatic carboxylic acids is 1. The molecule has 1 heterocycles. The van der Waals surface area contributed by atoms with Gasteiger partial charge in [0.25, 0.3) is 0 Å². The third-order valence-corrected chi connectivity index (χ3v) is 1.27. The maximum Gasteiger partial charge on any atom is 0.356 e. The Labute approximate surface area is 67.8 Å². The summed E-state index contributed by atoms with van der Waals surface area (Å²) >= 11 is 0. The third kappa shape index (κ3) is 1.39. The van der Waals surface area contributed by atoms with Gasteiger partial charge in [0.05, 0.1) is 5.69 Å². The summed E-state index contributed by atoms with van der Waals surface area (Å²) in [6.45, 7) is 0. The summed E-state index contributed by atoms with van der Waals surface area (Å²) < 4.78 is 0. The second-order valence-electron chi connectivity index (χ2n) is 2.10. The van der Waals surface area contributed by atoms with Crippen molar-refractivity contribution in [2.45, 2.75) is 0 Å². The van der Waals surface area contributed by atoms with E-state index in [9.17, 15) is 9.59 Å². The Morgan fingerprint density at radius 3 is 2.75 bits per heavy atom. The average Bonchev–Trinajstić information content (AvgIpc) is 2.05. The molecule has 5 nitrogen and oxygen atoms in total. The molecular weight excluding hydrogens is 160 g/mol. The molecule has 0 saturated heterocycles. The lowest BCUT2D eigenvalue weighted by atomic mass is 10.2. The fourth-order valence-corrected chi connectivity index (χ4v) is 0.722. The number of hydrogen-bond acceptors (Lipinski definition) is 4. The standard InChI is InChI=1S/C7H6N2O3/c8-5-2-1-4(3-10)9-6(5)7(11)12/h1-3H,8H2,(H,11,12). The predicted molar refractivity (Wildman–Crippen MR) is 41.0 cm³/mol. The number of aromatic nitrogens is 1. The summed E-state index contributed by atoms with van der Waals surface area (Å²) in [7, 11) is 0. The lowest BCUT2D eigenvalue weighted by Gasteiger charge is -1.98. The van der Waals surface area contributed by atoms with Crippen molar-refractivity contribution in [3.8, 4) is 0 Å². The zero-order valence-corrected chi connectivity index (χ0v) is 6.02. The van der Waals surface area contributed by atoms with Crippen LogP contribution in [0, 0.1) is 0 Å². The Hall–Kier alpha value is -1.91. The van der Waals surface area contributed by atoms with Crippen molar-refractivity contribution in [3.05, 3.63) is 23.5 Å². The van der Waals surface area contributed by atoms with Gasteiger partial charge in [0.1, 0.15) is 5.69 Å². The van der Waals surface area contributed by atoms with Crippen LogP contribution in [0.4, 0.5) is 5.69 Å². The van der Waals surface area contributed by atoms with Crippen molar-refractivity contribution in [3.63, 3.8) is 0 Å². The zero-order chi connectivity index (χ0) is 9.14. The SMILES string of the molecule is Nc1ccc(C=O)nc1C(=O)O. The van der Waals surface area contributed by atoms with E-state index in [2.05, 4.69) is 4.98 Å². The molecule has 0 aliphatic carbocycles. The molecule has 0 aliphatic heterocycles. The van der Waals surface area contributed by atoms with Gasteiger partial charge in [-0.2, -0.15) is 0 Å². The number of aldehydes is 1. The number of rotatable bonds is 2. The first-order valence-electron chi connectivity index (χ1n) is 3.10. The topological polar surface area (TPSA) is 93.3 Å². The maximum atomic E-state index is 10.4. The lowest BCUT2D eigenvalue weighted by Crippen LogP contribution is -2.06. The Morgan fingerprint density at radius 1 is 1.58 bits per heavy atom. The minimum atomic E-state index is -1.24. The molecule has 0 unspecified atom stereocenters. The normalized spacial score (nSPS) is 9.33. The van der Waals surface area contributed by atoms with Crippen molar-refractivity contribution >= 4 is 17.9 Å². The molecule has 1 rings (SSSR count). The van der Waals surface area contributed by atoms with E-state index < -0.39 is 5.97 Å². The molecule has 0 aliphatic rings. The van der Waals surface area contributed by atoms with Gasteiger partial charge in [-0.3, -0.25) is 4.79 Å². The smallest absolute Gasteiger partial charge is 0.356 e. The molecule has 5 heteroatoms. The maximum absolute atomic E-state index is 10.4. The first-order valence-corrected chi connectivity index (χ1v) is 3.10. The number of nitrogens with zero attached hydrogens (tertiary/aromatic N) is 1. The fraction of sp³-hybridized carbons (Fsp3) is 0. The zero-order valence-electron chi connectivity index (χ0n) is 6.02. The molecule has 0 atom stereocenters. The van der Waals surface area contributed by atoms with Crippen LogP contribution in [0.15, 0.2) is 12.1 Å². The van der Waals surface area contributed by atoms with Gasteiger partial charge in [0, 0.05) is 0 Å². The van der Waals surface area contributed by atoms with Crippen LogP contribution in [0.1, 0.15) is 21.0 Å². The number of anilines is 1. The molecule has 0 aromatic carbocycles. The highest BCUT2D eigenvalue weighted by Gasteiger charge is 2.09. The molecule has 0 spiro atoms. The minimum Gasteiger partial charge on any atom is -0.476 e. The quantitative estimate of drug-likeness (QED) is 0.611. The van der Waals surface area contributed by atoms with Gasteiger partial charge in [-0.15, -0.1) is 0 Å². The molecule has 0 bridgehead atoms. The lowest BCUT2D eigenvalue weighted by molar-refractivity contribution is 0.0691. The van der Waals surface area contributed by atoms with Gasteiger partial charge in [-0.1, -0.05) is 0 Å². The highest BCUT2D eigenvalue weighted by Crippen LogP contribution is 2.08. The number of hydrogen-bond donors (Lipinski definition) is 2. The first-order chi connectivity index (χ1) is 5.65. The number of carboxylic acids is 1. The van der Waals surface area contributed by atoms with Crippen LogP contribution in [0.2, 0.25) is 0 Å². The number of nitrogens with two attached hydrogens (primary N) is 1. The Balaban J connectivity index is 3.25. The van der Waals surface area contributed by atoms with Crippen LogP contribution in [0.25, 0.3) is 0 Å². The molecule has 62 valence electrons. The molecule has 1 aromatic heterocycles. The number of carboxylic acid groups (broad SMARTS) is 1. The monoisotopic (exact) mass is 166 g/mol. The van der Waals surface area contributed by atoms with E-state index in [1.807, 2.05) is 0 Å². The van der Waals surface area contributed by atoms with E-state index in [1.54, 1.807) is 0 Å². The molecule has 0 saturated carbocycles. The number of carbonyl (C=O) groups is 2. The Morgan fingerprint density at radius 2 is 2.25 bits per heavy atom. The fourth-order valence-electron chi connectivity index (χ4n) is 0.722. The summed E-state index contributed by atoms with van der Waals surface area (Å²) in [5.41, 5.74) is 5.10. The van der Waals surface area contributed by atoms with Gasteiger partial charge in [0.15, 0.2) is 12.0 Å². The van der Waals surface area contributed by atoms with E-state index in [0.717, 1.165) is 0 Å². The van der Waals surface area contributed by atoms with Crippen LogP contribution in [-0.4, -0.2) is 22.3 Å². The second-order valence-corrected chi connectivity index (χ2v) is 2.10. The summed E-state index contributed by atoms with van der Waals surface area (Å²) in [6, 6.07) is 2.69. The second kappa shape index (κ2) is 3.00. The summed E-state index contributed by atoms with van der Waals surface area (Å²) in [5, 5.41) is 8.53. The third-order valence-electron chi connectivity index (χ3n) is 1.27. The highest BCUT2D eigenvalue weighted by molar-refractivity contribution is 5.92. The highest BCUT2D eigenvalue weighted by atomic mass is 16.4. The molecule has 3 N–H and O–H groups in total. The van der Waals surface area contributed by atoms with Gasteiger partial charge >= 0.3 is 5.97 Å². The molecule has 0 radical (unpaired) electrons. The molecule has 0 amide bonds. The van der Waals surface area contributed by atoms with E-state index >= 15 is 0 Å². The number of carbonyl (C=O) groups excluding carboxylic acids is 1. The van der Waals surface area contributed by atoms with Crippen LogP contribution in [0.3, 0.4) is 0 Å². The van der Waals surface area contributed by atoms with Crippen LogP contribution in [-0.2, 0) is 0 Å². The van der Waals surface area contributed by atoms with Gasteiger partial charge in [0.2, 0.25) is 0 Å². The van der Waals surface area contributed by atoms with Crippen LogP contribution >= 0.6 is 0 Å². The molecule has 12 heavy (non-hydrogen) atoms. The van der Waals surface area contributed by atoms with Gasteiger partial charge in [-0.25, -0.2) is 9.78 Å². The largest absolute Gasteiger partial charge is 0.476 e. The first kappa shape index (κ1) is 8.19. The van der Waals surface area contributed by atoms with Crippen molar-refractivity contribution in [1.29, 1.82) is 0 Å². The Kier molecular flexibility index (Phi) is 2.05. The molecule has 0 fully saturated rings. The van der Waals surface area contributed by atoms with Crippen molar-refractivity contribution < 1.29 is 14.7 Å². The van der Waals surface area contributed by atoms with E-state index in [0.29, 0.717) is 6.29 Å². The predicted octanol–water partition coefficient (Wildman–Crippen LogP) is 0.175. The van der Waals surface area contributed by atoms with E-state index in [1.165, 1.54) is 12.1 Å². The molecule has 1 aromatic rings. The summed E-state index contributed by atoms with van der Waals surface area (Å²) in [4.78, 5) is 24.1. The van der Waals surface area contributed by atoms with E-state index in [-0.39, 0.29) is 17.1 Å². The summed E-state index contributed by atoms with van der Waals surface area (Å²) in [6.07, 6.45) is 0.464. The number of nitrogen functional groups attached to an aromatic ring is 1. The van der Waals surface area contributed by atoms with E-state index in [4.69, 9.17) is 10.8 Å². The van der Waals surface area contributed by atoms with Gasteiger partial charge < -0.3 is 10.8 Å². The van der Waals surface area contributed by atoms with Crippen molar-refractivity contribution in [2.24, 2.45) is 0 Å². The van der Waals surface area contributed by atoms with Crippen LogP contribution in [0.5, 0.6) is 0 Å². The Bertz CT molecular complexity index is 335. The number of pyridine rings is 1. The summed E-state index contributed by atoms with van der Waals surface area (Å²) in [5.74, 6) is -1.24. The average molecular weight is 166 g/mol. The van der Waals surface area contributed by atoms with Gasteiger partial charge in [-0.05, 0) is 12.1 Å². The minimum absolute atomic E-state index is 0.0492. The van der Waals surface area contributed by atoms with Crippen molar-refractivity contribution in [2.75, 3.05) is 5.73 Å². The molecular formula is C7H6N2O3. The van der Waals surface area contributed by atoms with Crippen LogP contribution < -0.4 is 5.73 Å².